The van der Waals surface area contributed by atoms with Gasteiger partial charge >= 0.3 is 0 Å². The molecule has 2 rings (SSSR count). The molecular formula is C14H20FNO4S2. The van der Waals surface area contributed by atoms with Gasteiger partial charge in [0.2, 0.25) is 10.0 Å². The molecule has 0 amide bonds. The van der Waals surface area contributed by atoms with E-state index in [9.17, 15) is 21.2 Å². The van der Waals surface area contributed by atoms with Gasteiger partial charge in [0.25, 0.3) is 0 Å². The Morgan fingerprint density at radius 2 is 1.91 bits per heavy atom. The molecule has 1 heterocycles. The van der Waals surface area contributed by atoms with Crippen LogP contribution in [0.25, 0.3) is 0 Å². The highest BCUT2D eigenvalue weighted by Gasteiger charge is 2.40. The molecule has 0 unspecified atom stereocenters. The first kappa shape index (κ1) is 17.4. The van der Waals surface area contributed by atoms with E-state index in [1.807, 2.05) is 6.92 Å². The normalized spacial score (nSPS) is 22.8. The highest BCUT2D eigenvalue weighted by Crippen LogP contribution is 2.28. The summed E-state index contributed by atoms with van der Waals surface area (Å²) in [6.45, 7) is 3.60. The van der Waals surface area contributed by atoms with Crippen LogP contribution in [0.2, 0.25) is 0 Å². The van der Waals surface area contributed by atoms with Gasteiger partial charge in [-0.25, -0.2) is 21.2 Å². The van der Waals surface area contributed by atoms with Crippen molar-refractivity contribution in [3.63, 3.8) is 0 Å². The topological polar surface area (TPSA) is 71.5 Å². The van der Waals surface area contributed by atoms with E-state index in [1.54, 1.807) is 6.92 Å². The van der Waals surface area contributed by atoms with Gasteiger partial charge in [-0.1, -0.05) is 6.92 Å². The number of sulfonamides is 1. The van der Waals surface area contributed by atoms with Gasteiger partial charge in [-0.2, -0.15) is 4.31 Å². The number of halogens is 1. The first-order valence-electron chi connectivity index (χ1n) is 7.17. The van der Waals surface area contributed by atoms with E-state index in [2.05, 4.69) is 0 Å². The Labute approximate surface area is 131 Å². The lowest BCUT2D eigenvalue weighted by molar-refractivity contribution is 0.271. The van der Waals surface area contributed by atoms with Crippen molar-refractivity contribution in [2.75, 3.05) is 11.5 Å². The summed E-state index contributed by atoms with van der Waals surface area (Å²) in [5, 5.41) is 0. The number of hydrogen-bond acceptors (Lipinski definition) is 4. The molecule has 8 heteroatoms. The van der Waals surface area contributed by atoms with Gasteiger partial charge in [-0.15, -0.1) is 0 Å². The van der Waals surface area contributed by atoms with E-state index < -0.39 is 31.7 Å². The predicted octanol–water partition coefficient (Wildman–Crippen LogP) is 1.80. The van der Waals surface area contributed by atoms with Gasteiger partial charge in [0, 0.05) is 12.1 Å². The second-order valence-electron chi connectivity index (χ2n) is 5.60. The quantitative estimate of drug-likeness (QED) is 0.813. The molecule has 2 atom stereocenters. The minimum absolute atomic E-state index is 0.00351. The van der Waals surface area contributed by atoms with Crippen LogP contribution in [-0.2, 0) is 19.9 Å². The average Bonchev–Trinajstić information content (AvgIpc) is 2.78. The second kappa shape index (κ2) is 6.25. The summed E-state index contributed by atoms with van der Waals surface area (Å²) in [6.07, 6.45) is 0.865. The van der Waals surface area contributed by atoms with Crippen LogP contribution in [-0.4, -0.2) is 44.7 Å². The zero-order valence-corrected chi connectivity index (χ0v) is 14.2. The standard InChI is InChI=1S/C14H20FNO4S2/c1-3-11(2)16(13-8-9-21(17,18)10-13)22(19,20)14-6-4-12(15)5-7-14/h4-7,11,13H,3,8-10H2,1-2H3/t11-,13-/m1/s1. The minimum atomic E-state index is -3.86. The molecule has 1 aliphatic heterocycles. The molecule has 0 aliphatic carbocycles. The first-order chi connectivity index (χ1) is 10.2. The molecule has 124 valence electrons. The fraction of sp³-hybridized carbons (Fsp3) is 0.571. The van der Waals surface area contributed by atoms with Crippen LogP contribution in [0.3, 0.4) is 0 Å². The minimum Gasteiger partial charge on any atom is -0.229 e. The summed E-state index contributed by atoms with van der Waals surface area (Å²) in [5.74, 6) is -0.668. The van der Waals surface area contributed by atoms with Crippen molar-refractivity contribution in [2.24, 2.45) is 0 Å². The van der Waals surface area contributed by atoms with Crippen molar-refractivity contribution in [3.05, 3.63) is 30.1 Å². The molecule has 0 aromatic heterocycles. The van der Waals surface area contributed by atoms with E-state index >= 15 is 0 Å². The molecule has 0 saturated carbocycles. The van der Waals surface area contributed by atoms with Crippen molar-refractivity contribution in [2.45, 2.75) is 43.7 Å². The molecule has 1 aromatic rings. The lowest BCUT2D eigenvalue weighted by atomic mass is 10.2. The van der Waals surface area contributed by atoms with Gasteiger partial charge < -0.3 is 0 Å². The summed E-state index contributed by atoms with van der Waals surface area (Å²) in [4.78, 5) is -0.0153. The van der Waals surface area contributed by atoms with Crippen LogP contribution in [0.15, 0.2) is 29.2 Å². The maximum atomic E-state index is 13.0. The average molecular weight is 349 g/mol. The van der Waals surface area contributed by atoms with Gasteiger partial charge in [0.15, 0.2) is 9.84 Å². The van der Waals surface area contributed by atoms with E-state index in [-0.39, 0.29) is 22.4 Å². The fourth-order valence-electron chi connectivity index (χ4n) is 2.68. The van der Waals surface area contributed by atoms with E-state index in [0.717, 1.165) is 12.1 Å². The Hall–Kier alpha value is -0.990. The summed E-state index contributed by atoms with van der Waals surface area (Å²) in [7, 11) is -7.06. The Morgan fingerprint density at radius 1 is 1.32 bits per heavy atom. The van der Waals surface area contributed by atoms with Crippen molar-refractivity contribution in [3.8, 4) is 0 Å². The first-order valence-corrected chi connectivity index (χ1v) is 10.4. The zero-order valence-electron chi connectivity index (χ0n) is 12.6. The Kier molecular flexibility index (Phi) is 4.93. The van der Waals surface area contributed by atoms with Crippen LogP contribution >= 0.6 is 0 Å². The maximum absolute atomic E-state index is 13.0. The number of benzene rings is 1. The van der Waals surface area contributed by atoms with Crippen molar-refractivity contribution in [1.82, 2.24) is 4.31 Å². The highest BCUT2D eigenvalue weighted by atomic mass is 32.2. The van der Waals surface area contributed by atoms with Crippen molar-refractivity contribution >= 4 is 19.9 Å². The zero-order chi connectivity index (χ0) is 16.5. The van der Waals surface area contributed by atoms with Crippen molar-refractivity contribution < 1.29 is 21.2 Å². The van der Waals surface area contributed by atoms with Crippen LogP contribution < -0.4 is 0 Å². The summed E-state index contributed by atoms with van der Waals surface area (Å²) in [6, 6.07) is 3.72. The molecule has 5 nitrogen and oxygen atoms in total. The van der Waals surface area contributed by atoms with Gasteiger partial charge in [-0.05, 0) is 44.0 Å². The van der Waals surface area contributed by atoms with Gasteiger partial charge in [-0.3, -0.25) is 0 Å². The van der Waals surface area contributed by atoms with Crippen LogP contribution in [0.4, 0.5) is 4.39 Å². The van der Waals surface area contributed by atoms with E-state index in [0.29, 0.717) is 12.8 Å². The van der Waals surface area contributed by atoms with E-state index in [1.165, 1.54) is 16.4 Å². The largest absolute Gasteiger partial charge is 0.243 e. The highest BCUT2D eigenvalue weighted by molar-refractivity contribution is 7.92. The lowest BCUT2D eigenvalue weighted by Crippen LogP contribution is -2.46. The number of hydrogen-bond donors (Lipinski definition) is 0. The van der Waals surface area contributed by atoms with Crippen LogP contribution in [0.1, 0.15) is 26.7 Å². The molecule has 1 saturated heterocycles. The molecule has 0 N–H and O–H groups in total. The third-order valence-corrected chi connectivity index (χ3v) is 7.81. The smallest absolute Gasteiger partial charge is 0.229 e. The Balaban J connectivity index is 2.43. The SMILES string of the molecule is CC[C@@H](C)N([C@@H]1CCS(=O)(=O)C1)S(=O)(=O)c1ccc(F)cc1. The summed E-state index contributed by atoms with van der Waals surface area (Å²) in [5.41, 5.74) is 0. The lowest BCUT2D eigenvalue weighted by Gasteiger charge is -2.32. The molecule has 0 radical (unpaired) electrons. The number of nitrogens with zero attached hydrogens (tertiary/aromatic N) is 1. The second-order valence-corrected chi connectivity index (χ2v) is 9.67. The molecule has 1 aromatic carbocycles. The monoisotopic (exact) mass is 349 g/mol. The molecule has 0 spiro atoms. The fourth-order valence-corrected chi connectivity index (χ4v) is 6.40. The molecule has 1 fully saturated rings. The molecule has 1 aliphatic rings. The number of sulfone groups is 1. The van der Waals surface area contributed by atoms with Gasteiger partial charge in [0.05, 0.1) is 16.4 Å². The predicted molar refractivity (Wildman–Crippen MR) is 82.2 cm³/mol. The van der Waals surface area contributed by atoms with Crippen molar-refractivity contribution in [1.29, 1.82) is 0 Å². The maximum Gasteiger partial charge on any atom is 0.243 e. The molecular weight excluding hydrogens is 329 g/mol. The van der Waals surface area contributed by atoms with Gasteiger partial charge in [0.1, 0.15) is 5.82 Å². The van der Waals surface area contributed by atoms with Crippen LogP contribution in [0, 0.1) is 5.82 Å². The van der Waals surface area contributed by atoms with E-state index in [4.69, 9.17) is 0 Å². The molecule has 0 bridgehead atoms. The Bertz CT molecular complexity index is 729. The van der Waals surface area contributed by atoms with Crippen LogP contribution in [0.5, 0.6) is 0 Å². The third-order valence-electron chi connectivity index (χ3n) is 3.98. The summed E-state index contributed by atoms with van der Waals surface area (Å²) >= 11 is 0. The number of rotatable bonds is 5. The third kappa shape index (κ3) is 3.49. The molecule has 22 heavy (non-hydrogen) atoms. The summed E-state index contributed by atoms with van der Waals surface area (Å²) < 4.78 is 63.4. The Morgan fingerprint density at radius 3 is 2.36 bits per heavy atom.